The summed E-state index contributed by atoms with van der Waals surface area (Å²) in [6.07, 6.45) is 3.76. The van der Waals surface area contributed by atoms with E-state index in [4.69, 9.17) is 18.9 Å². The van der Waals surface area contributed by atoms with E-state index in [0.717, 1.165) is 25.7 Å². The van der Waals surface area contributed by atoms with Gasteiger partial charge in [-0.2, -0.15) is 0 Å². The van der Waals surface area contributed by atoms with Crippen LogP contribution in [0.3, 0.4) is 0 Å². The number of nitrogens with zero attached hydrogens (tertiary/aromatic N) is 2. The lowest BCUT2D eigenvalue weighted by Crippen LogP contribution is -2.59. The summed E-state index contributed by atoms with van der Waals surface area (Å²) in [5.74, 6) is -3.78. The second kappa shape index (κ2) is 14.4. The third kappa shape index (κ3) is 6.92. The first-order valence-electron chi connectivity index (χ1n) is 19.1. The fourth-order valence-corrected chi connectivity index (χ4v) is 9.41. The Morgan fingerprint density at radius 1 is 1.05 bits per heavy atom. The van der Waals surface area contributed by atoms with Gasteiger partial charge < -0.3 is 29.4 Å². The van der Waals surface area contributed by atoms with Crippen LogP contribution in [0.4, 0.5) is 9.18 Å². The Labute approximate surface area is 322 Å². The molecule has 3 heterocycles. The van der Waals surface area contributed by atoms with Crippen LogP contribution in [0.1, 0.15) is 65.2 Å². The highest BCUT2D eigenvalue weighted by Gasteiger charge is 2.62. The van der Waals surface area contributed by atoms with Crippen molar-refractivity contribution in [3.63, 3.8) is 0 Å². The summed E-state index contributed by atoms with van der Waals surface area (Å²) >= 11 is 0. The van der Waals surface area contributed by atoms with Crippen LogP contribution in [0.5, 0.6) is 5.75 Å². The number of carbonyl (C=O) groups excluding carboxylic acids is 4. The summed E-state index contributed by atoms with van der Waals surface area (Å²) < 4.78 is 61.7. The Morgan fingerprint density at radius 2 is 1.80 bits per heavy atom. The van der Waals surface area contributed by atoms with Crippen LogP contribution in [0.25, 0.3) is 33.0 Å². The number of rotatable bonds is 12. The maximum absolute atomic E-state index is 15.7. The van der Waals surface area contributed by atoms with Crippen LogP contribution in [-0.4, -0.2) is 83.7 Å². The minimum Gasteiger partial charge on any atom is -0.484 e. The minimum atomic E-state index is -3.94. The molecule has 4 amide bonds. The molecule has 0 spiro atoms. The number of halogens is 1. The molecule has 4 fully saturated rings. The molecule has 0 bridgehead atoms. The number of sulfonamides is 1. The van der Waals surface area contributed by atoms with Crippen LogP contribution in [0, 0.1) is 17.7 Å². The van der Waals surface area contributed by atoms with Crippen molar-refractivity contribution in [2.45, 2.75) is 100 Å². The van der Waals surface area contributed by atoms with Gasteiger partial charge in [-0.25, -0.2) is 22.6 Å². The van der Waals surface area contributed by atoms with E-state index in [-0.39, 0.29) is 42.2 Å². The zero-order valence-electron chi connectivity index (χ0n) is 31.1. The summed E-state index contributed by atoms with van der Waals surface area (Å²) in [5, 5.41) is 5.55. The van der Waals surface area contributed by atoms with Gasteiger partial charge >= 0.3 is 6.09 Å². The molecule has 0 unspecified atom stereocenters. The number of aromatic nitrogens is 1. The van der Waals surface area contributed by atoms with Gasteiger partial charge in [0, 0.05) is 17.7 Å². The first-order chi connectivity index (χ1) is 26.8. The van der Waals surface area contributed by atoms with Crippen molar-refractivity contribution in [2.75, 3.05) is 6.54 Å². The summed E-state index contributed by atoms with van der Waals surface area (Å²) in [6, 6.07) is 9.30. The van der Waals surface area contributed by atoms with Gasteiger partial charge in [-0.15, -0.1) is 6.58 Å². The Morgan fingerprint density at radius 3 is 2.50 bits per heavy atom. The van der Waals surface area contributed by atoms with Crippen molar-refractivity contribution in [1.82, 2.24) is 25.2 Å². The second-order valence-corrected chi connectivity index (χ2v) is 17.7. The fourth-order valence-electron chi connectivity index (χ4n) is 8.05. The van der Waals surface area contributed by atoms with Gasteiger partial charge in [-0.1, -0.05) is 38.1 Å². The summed E-state index contributed by atoms with van der Waals surface area (Å²) in [5.41, 5.74) is -0.176. The third-order valence-corrected chi connectivity index (χ3v) is 13.2. The van der Waals surface area contributed by atoms with Gasteiger partial charge in [0.05, 0.1) is 22.7 Å². The van der Waals surface area contributed by atoms with E-state index in [1.165, 1.54) is 23.1 Å². The molecule has 4 aliphatic rings. The number of ether oxygens (including phenoxy) is 2. The molecule has 8 rings (SSSR count). The van der Waals surface area contributed by atoms with E-state index in [2.05, 4.69) is 21.9 Å². The maximum atomic E-state index is 15.7. The molecule has 3 N–H and O–H groups in total. The van der Waals surface area contributed by atoms with Gasteiger partial charge in [0.1, 0.15) is 46.7 Å². The van der Waals surface area contributed by atoms with E-state index in [1.54, 1.807) is 32.0 Å². The molecular weight excluding hydrogens is 746 g/mol. The van der Waals surface area contributed by atoms with E-state index in [9.17, 15) is 27.6 Å². The van der Waals surface area contributed by atoms with Crippen molar-refractivity contribution in [2.24, 2.45) is 11.8 Å². The van der Waals surface area contributed by atoms with Gasteiger partial charge in [0.2, 0.25) is 21.8 Å². The Bertz CT molecular complexity index is 2370. The molecule has 296 valence electrons. The van der Waals surface area contributed by atoms with Crippen molar-refractivity contribution >= 4 is 66.8 Å². The highest BCUT2D eigenvalue weighted by atomic mass is 32.2. The van der Waals surface area contributed by atoms with Crippen LogP contribution in [0.15, 0.2) is 59.5 Å². The number of pyridine rings is 1. The van der Waals surface area contributed by atoms with Gasteiger partial charge in [-0.3, -0.25) is 19.1 Å². The average Bonchev–Trinajstić information content (AvgIpc) is 3.99. The lowest BCUT2D eigenvalue weighted by Gasteiger charge is -2.31. The van der Waals surface area contributed by atoms with Crippen molar-refractivity contribution in [3.05, 3.63) is 60.9 Å². The van der Waals surface area contributed by atoms with E-state index in [1.807, 2.05) is 12.1 Å². The number of para-hydroxylation sites is 1. The SMILES string of the molecule is C=C[C@@H]1C[C@]1(NC(=O)[C@@H]1C[C@@H](Oc2c3oc4ccccc4c3nc3cccc(F)c23)CN1C(=O)[C@@H](NC(=O)OC1CCCC1)C(C)C)C(=O)NS(=O)(=O)C1CC1. The van der Waals surface area contributed by atoms with Gasteiger partial charge in [0.15, 0.2) is 11.3 Å². The zero-order valence-corrected chi connectivity index (χ0v) is 31.9. The lowest BCUT2D eigenvalue weighted by atomic mass is 10.0. The van der Waals surface area contributed by atoms with E-state index < -0.39 is 80.5 Å². The summed E-state index contributed by atoms with van der Waals surface area (Å²) in [4.78, 5) is 61.5. The maximum Gasteiger partial charge on any atom is 0.408 e. The summed E-state index contributed by atoms with van der Waals surface area (Å²) in [7, 11) is -3.94. The second-order valence-electron chi connectivity index (χ2n) is 15.7. The number of alkyl carbamates (subject to hydrolysis) is 1. The summed E-state index contributed by atoms with van der Waals surface area (Å²) in [6.45, 7) is 7.10. The van der Waals surface area contributed by atoms with Crippen LogP contribution in [-0.2, 0) is 29.1 Å². The average molecular weight is 790 g/mol. The predicted molar refractivity (Wildman–Crippen MR) is 203 cm³/mol. The molecule has 3 aliphatic carbocycles. The number of nitrogens with one attached hydrogen (secondary N) is 3. The smallest absolute Gasteiger partial charge is 0.408 e. The molecule has 2 aromatic heterocycles. The molecule has 4 aromatic rings. The molecule has 0 radical (unpaired) electrons. The topological polar surface area (TPSA) is 186 Å². The normalized spacial score (nSPS) is 24.4. The van der Waals surface area contributed by atoms with Crippen LogP contribution < -0.4 is 20.1 Å². The first kappa shape index (κ1) is 37.7. The molecule has 56 heavy (non-hydrogen) atoms. The van der Waals surface area contributed by atoms with E-state index >= 15 is 4.39 Å². The van der Waals surface area contributed by atoms with Gasteiger partial charge in [0.25, 0.3) is 5.91 Å². The molecule has 3 saturated carbocycles. The Balaban J connectivity index is 1.13. The van der Waals surface area contributed by atoms with Crippen molar-refractivity contribution in [3.8, 4) is 5.75 Å². The number of hydrogen-bond donors (Lipinski definition) is 3. The number of likely N-dealkylation sites (tertiary alicyclic amines) is 1. The highest BCUT2D eigenvalue weighted by molar-refractivity contribution is 7.91. The van der Waals surface area contributed by atoms with Crippen molar-refractivity contribution in [1.29, 1.82) is 0 Å². The molecule has 16 heteroatoms. The number of hydrogen-bond acceptors (Lipinski definition) is 10. The molecular formula is C40H44FN5O9S. The third-order valence-electron chi connectivity index (χ3n) is 11.4. The minimum absolute atomic E-state index is 0.0477. The largest absolute Gasteiger partial charge is 0.484 e. The van der Waals surface area contributed by atoms with E-state index in [0.29, 0.717) is 34.8 Å². The standard InChI is InChI=1S/C40H44FN5O9S/c1-4-22-19-40(22,38(49)45-56(51,52)25-16-17-25)44-36(47)29-18-24(20-46(29)37(48)32(21(2)3)43-39(50)54-23-10-5-6-11-23)53-34-31-27(41)13-9-14-28(31)42-33-26-12-7-8-15-30(26)55-35(33)34/h4,7-9,12-15,21-25,29,32H,1,5-6,10-11,16-20H2,2-3H3,(H,43,50)(H,44,47)(H,45,49)/t22-,24-,29+,32+,40-/m1/s1. The number of benzene rings is 2. The molecule has 5 atom stereocenters. The predicted octanol–water partition coefficient (Wildman–Crippen LogP) is 4.98. The lowest BCUT2D eigenvalue weighted by molar-refractivity contribution is -0.141. The quantitative estimate of drug-likeness (QED) is 0.165. The Kier molecular flexibility index (Phi) is 9.66. The first-order valence-corrected chi connectivity index (χ1v) is 20.7. The van der Waals surface area contributed by atoms with Gasteiger partial charge in [-0.05, 0) is 75.1 Å². The molecule has 14 nitrogen and oxygen atoms in total. The molecule has 1 saturated heterocycles. The monoisotopic (exact) mass is 789 g/mol. The zero-order chi connectivity index (χ0) is 39.5. The number of amides is 4. The fraction of sp³-hybridized carbons (Fsp3) is 0.475. The highest BCUT2D eigenvalue weighted by Crippen LogP contribution is 2.46. The molecule has 1 aliphatic heterocycles. The van der Waals surface area contributed by atoms with Crippen LogP contribution >= 0.6 is 0 Å². The van der Waals surface area contributed by atoms with Crippen LogP contribution in [0.2, 0.25) is 0 Å². The Hall–Kier alpha value is -5.25. The number of fused-ring (bicyclic) bond motifs is 4. The number of furan rings is 1. The molecule has 2 aromatic carbocycles. The number of carbonyl (C=O) groups is 4. The van der Waals surface area contributed by atoms with Crippen molar-refractivity contribution < 1.29 is 45.9 Å².